The van der Waals surface area contributed by atoms with Crippen molar-refractivity contribution in [3.05, 3.63) is 82.9 Å². The van der Waals surface area contributed by atoms with Gasteiger partial charge in [-0.15, -0.1) is 0 Å². The second-order valence-corrected chi connectivity index (χ2v) is 7.59. The molecule has 8 nitrogen and oxygen atoms in total. The summed E-state index contributed by atoms with van der Waals surface area (Å²) in [4.78, 5) is 36.3. The van der Waals surface area contributed by atoms with E-state index in [9.17, 15) is 14.4 Å². The zero-order valence-electron chi connectivity index (χ0n) is 18.6. The molecule has 0 atom stereocenters. The third kappa shape index (κ3) is 7.25. The van der Waals surface area contributed by atoms with Crippen molar-refractivity contribution in [3.63, 3.8) is 0 Å². The van der Waals surface area contributed by atoms with Gasteiger partial charge < -0.3 is 24.8 Å². The molecule has 0 heterocycles. The van der Waals surface area contributed by atoms with Crippen molar-refractivity contribution < 1.29 is 28.6 Å². The van der Waals surface area contributed by atoms with Crippen LogP contribution in [0.25, 0.3) is 0 Å². The second-order valence-electron chi connectivity index (χ2n) is 7.18. The van der Waals surface area contributed by atoms with E-state index >= 15 is 0 Å². The SMILES string of the molecule is COc1cccc(NC(=O)COc2ccc(C(=O)OCC(=O)Nc3ccc(C)c(Cl)c3)cc2)c1. The number of anilines is 2. The first-order valence-corrected chi connectivity index (χ1v) is 10.6. The van der Waals surface area contributed by atoms with Crippen LogP contribution in [0.15, 0.2) is 66.7 Å². The number of esters is 1. The van der Waals surface area contributed by atoms with Gasteiger partial charge in [0.15, 0.2) is 13.2 Å². The number of aryl methyl sites for hydroxylation is 1. The molecule has 3 aromatic carbocycles. The van der Waals surface area contributed by atoms with E-state index in [0.29, 0.717) is 27.9 Å². The third-order valence-electron chi connectivity index (χ3n) is 4.60. The molecule has 0 aromatic heterocycles. The number of amides is 2. The molecule has 0 saturated carbocycles. The summed E-state index contributed by atoms with van der Waals surface area (Å²) in [6.07, 6.45) is 0. The van der Waals surface area contributed by atoms with E-state index in [2.05, 4.69) is 10.6 Å². The minimum atomic E-state index is -0.667. The van der Waals surface area contributed by atoms with E-state index in [1.165, 1.54) is 24.3 Å². The number of carbonyl (C=O) groups excluding carboxylic acids is 3. The van der Waals surface area contributed by atoms with Crippen LogP contribution in [-0.2, 0) is 14.3 Å². The molecule has 0 fully saturated rings. The van der Waals surface area contributed by atoms with Crippen LogP contribution in [0.3, 0.4) is 0 Å². The maximum Gasteiger partial charge on any atom is 0.338 e. The van der Waals surface area contributed by atoms with Crippen molar-refractivity contribution in [2.24, 2.45) is 0 Å². The molecule has 0 unspecified atom stereocenters. The molecule has 9 heteroatoms. The Kier molecular flexibility index (Phi) is 8.48. The fraction of sp³-hybridized carbons (Fsp3) is 0.160. The van der Waals surface area contributed by atoms with Crippen molar-refractivity contribution in [1.82, 2.24) is 0 Å². The zero-order chi connectivity index (χ0) is 24.5. The third-order valence-corrected chi connectivity index (χ3v) is 5.01. The van der Waals surface area contributed by atoms with Crippen molar-refractivity contribution in [2.45, 2.75) is 6.92 Å². The molecular formula is C25H23ClN2O6. The van der Waals surface area contributed by atoms with Gasteiger partial charge in [-0.2, -0.15) is 0 Å². The number of rotatable bonds is 9. The van der Waals surface area contributed by atoms with Gasteiger partial charge >= 0.3 is 5.97 Å². The maximum absolute atomic E-state index is 12.2. The molecule has 3 aromatic rings. The first-order valence-electron chi connectivity index (χ1n) is 10.2. The first kappa shape index (κ1) is 24.6. The van der Waals surface area contributed by atoms with Crippen LogP contribution in [0.1, 0.15) is 15.9 Å². The van der Waals surface area contributed by atoms with Gasteiger partial charge in [-0.05, 0) is 61.0 Å². The standard InChI is InChI=1S/C25H23ClN2O6/c1-16-6-9-19(13-22(16)26)28-24(30)15-34-25(31)17-7-10-20(11-8-17)33-14-23(29)27-18-4-3-5-21(12-18)32-2/h3-13H,14-15H2,1-2H3,(H,27,29)(H,28,30). The van der Waals surface area contributed by atoms with Crippen LogP contribution >= 0.6 is 11.6 Å². The summed E-state index contributed by atoms with van der Waals surface area (Å²) in [5.41, 5.74) is 2.21. The van der Waals surface area contributed by atoms with E-state index in [4.69, 9.17) is 25.8 Å². The summed E-state index contributed by atoms with van der Waals surface area (Å²) in [5.74, 6) is -0.489. The van der Waals surface area contributed by atoms with Gasteiger partial charge in [-0.1, -0.05) is 23.7 Å². The summed E-state index contributed by atoms with van der Waals surface area (Å²) >= 11 is 6.03. The van der Waals surface area contributed by atoms with Crippen LogP contribution in [0.2, 0.25) is 5.02 Å². The van der Waals surface area contributed by atoms with Crippen LogP contribution < -0.4 is 20.1 Å². The molecule has 0 aliphatic heterocycles. The summed E-state index contributed by atoms with van der Waals surface area (Å²) in [6, 6.07) is 18.1. The Morgan fingerprint density at radius 1 is 0.824 bits per heavy atom. The van der Waals surface area contributed by atoms with E-state index in [1.807, 2.05) is 6.92 Å². The average molecular weight is 483 g/mol. The van der Waals surface area contributed by atoms with Crippen LogP contribution in [0, 0.1) is 6.92 Å². The lowest BCUT2D eigenvalue weighted by atomic mass is 10.2. The topological polar surface area (TPSA) is 103 Å². The van der Waals surface area contributed by atoms with Crippen molar-refractivity contribution in [3.8, 4) is 11.5 Å². The minimum absolute atomic E-state index is 0.218. The second kappa shape index (κ2) is 11.7. The number of halogens is 1. The van der Waals surface area contributed by atoms with Crippen LogP contribution in [-0.4, -0.2) is 38.1 Å². The Balaban J connectivity index is 1.43. The van der Waals surface area contributed by atoms with Gasteiger partial charge in [-0.25, -0.2) is 4.79 Å². The molecule has 2 N–H and O–H groups in total. The lowest BCUT2D eigenvalue weighted by Gasteiger charge is -2.10. The highest BCUT2D eigenvalue weighted by Gasteiger charge is 2.12. The molecular weight excluding hydrogens is 460 g/mol. The molecule has 2 amide bonds. The van der Waals surface area contributed by atoms with Crippen molar-refractivity contribution in [2.75, 3.05) is 31.0 Å². The van der Waals surface area contributed by atoms with E-state index in [-0.39, 0.29) is 18.1 Å². The minimum Gasteiger partial charge on any atom is -0.497 e. The molecule has 0 aliphatic rings. The van der Waals surface area contributed by atoms with Gasteiger partial charge in [0.1, 0.15) is 11.5 Å². The number of methoxy groups -OCH3 is 1. The molecule has 176 valence electrons. The zero-order valence-corrected chi connectivity index (χ0v) is 19.3. The Morgan fingerprint density at radius 2 is 1.50 bits per heavy atom. The van der Waals surface area contributed by atoms with Gasteiger partial charge in [0, 0.05) is 22.5 Å². The van der Waals surface area contributed by atoms with Gasteiger partial charge in [0.2, 0.25) is 0 Å². The number of benzene rings is 3. The molecule has 0 aliphatic carbocycles. The van der Waals surface area contributed by atoms with Crippen LogP contribution in [0.5, 0.6) is 11.5 Å². The fourth-order valence-electron chi connectivity index (χ4n) is 2.82. The summed E-state index contributed by atoms with van der Waals surface area (Å²) in [6.45, 7) is 1.18. The van der Waals surface area contributed by atoms with Gasteiger partial charge in [0.05, 0.1) is 12.7 Å². The van der Waals surface area contributed by atoms with E-state index < -0.39 is 18.5 Å². The van der Waals surface area contributed by atoms with E-state index in [1.54, 1.807) is 49.6 Å². The lowest BCUT2D eigenvalue weighted by Crippen LogP contribution is -2.21. The highest BCUT2D eigenvalue weighted by molar-refractivity contribution is 6.31. The highest BCUT2D eigenvalue weighted by atomic mass is 35.5. The fourth-order valence-corrected chi connectivity index (χ4v) is 3.00. The lowest BCUT2D eigenvalue weighted by molar-refractivity contribution is -0.119. The summed E-state index contributed by atoms with van der Waals surface area (Å²) < 4.78 is 15.6. The quantitative estimate of drug-likeness (QED) is 0.436. The Labute approximate surface area is 201 Å². The largest absolute Gasteiger partial charge is 0.497 e. The Bertz CT molecular complexity index is 1180. The predicted octanol–water partition coefficient (Wildman–Crippen LogP) is 4.47. The highest BCUT2D eigenvalue weighted by Crippen LogP contribution is 2.20. The van der Waals surface area contributed by atoms with Gasteiger partial charge in [0.25, 0.3) is 11.8 Å². The predicted molar refractivity (Wildman–Crippen MR) is 129 cm³/mol. The molecule has 0 saturated heterocycles. The molecule has 0 radical (unpaired) electrons. The monoisotopic (exact) mass is 482 g/mol. The van der Waals surface area contributed by atoms with Crippen LogP contribution in [0.4, 0.5) is 11.4 Å². The van der Waals surface area contributed by atoms with E-state index in [0.717, 1.165) is 5.56 Å². The summed E-state index contributed by atoms with van der Waals surface area (Å²) in [7, 11) is 1.54. The Morgan fingerprint density at radius 3 is 2.18 bits per heavy atom. The average Bonchev–Trinajstić information content (AvgIpc) is 2.84. The van der Waals surface area contributed by atoms with Crippen molar-refractivity contribution >= 4 is 40.8 Å². The molecule has 3 rings (SSSR count). The number of hydrogen-bond acceptors (Lipinski definition) is 6. The smallest absolute Gasteiger partial charge is 0.338 e. The number of carbonyl (C=O) groups is 3. The molecule has 34 heavy (non-hydrogen) atoms. The Hall–Kier alpha value is -4.04. The first-order chi connectivity index (χ1) is 16.3. The van der Waals surface area contributed by atoms with Crippen molar-refractivity contribution in [1.29, 1.82) is 0 Å². The summed E-state index contributed by atoms with van der Waals surface area (Å²) in [5, 5.41) is 5.84. The maximum atomic E-state index is 12.2. The van der Waals surface area contributed by atoms with Gasteiger partial charge in [-0.3, -0.25) is 9.59 Å². The number of nitrogens with one attached hydrogen (secondary N) is 2. The number of hydrogen-bond donors (Lipinski definition) is 2. The normalized spacial score (nSPS) is 10.2. The molecule has 0 spiro atoms. The molecule has 0 bridgehead atoms. The number of ether oxygens (including phenoxy) is 3.